The third kappa shape index (κ3) is 4.49. The summed E-state index contributed by atoms with van der Waals surface area (Å²) in [5, 5.41) is 4.82. The second-order valence-electron chi connectivity index (χ2n) is 7.63. The van der Waals surface area contributed by atoms with Crippen LogP contribution in [-0.4, -0.2) is 40.5 Å². The van der Waals surface area contributed by atoms with E-state index in [0.717, 1.165) is 17.9 Å². The second kappa shape index (κ2) is 8.55. The molecule has 1 aliphatic carbocycles. The first-order valence-corrected chi connectivity index (χ1v) is 10.3. The van der Waals surface area contributed by atoms with Gasteiger partial charge in [-0.15, -0.1) is 5.10 Å². The van der Waals surface area contributed by atoms with Gasteiger partial charge in [0.05, 0.1) is 30.6 Å². The SMILES string of the molecule is COc1ccc([C@H]2C[C@@H]2COc2cc(N(C)c3ccc(Cl)c(C)n3)c(=O)n(C)n2)nc1. The lowest BCUT2D eigenvalue weighted by atomic mass is 10.2. The van der Waals surface area contributed by atoms with E-state index < -0.39 is 0 Å². The van der Waals surface area contributed by atoms with Gasteiger partial charge in [0.2, 0.25) is 5.88 Å². The van der Waals surface area contributed by atoms with Crippen LogP contribution < -0.4 is 19.9 Å². The molecule has 9 heteroatoms. The van der Waals surface area contributed by atoms with Gasteiger partial charge in [-0.05, 0) is 37.6 Å². The predicted octanol–water partition coefficient (Wildman–Crippen LogP) is 3.49. The highest BCUT2D eigenvalue weighted by Crippen LogP contribution is 2.46. The first-order chi connectivity index (χ1) is 14.9. The van der Waals surface area contributed by atoms with Crippen molar-refractivity contribution in [1.82, 2.24) is 19.7 Å². The van der Waals surface area contributed by atoms with Gasteiger partial charge in [-0.1, -0.05) is 11.6 Å². The molecule has 4 rings (SSSR count). The van der Waals surface area contributed by atoms with E-state index in [1.54, 1.807) is 50.5 Å². The van der Waals surface area contributed by atoms with Gasteiger partial charge in [-0.3, -0.25) is 9.78 Å². The molecule has 0 saturated heterocycles. The lowest BCUT2D eigenvalue weighted by Crippen LogP contribution is -2.28. The normalized spacial score (nSPS) is 17.3. The largest absolute Gasteiger partial charge is 0.495 e. The number of hydrogen-bond donors (Lipinski definition) is 0. The number of hydrogen-bond acceptors (Lipinski definition) is 7. The lowest BCUT2D eigenvalue weighted by molar-refractivity contribution is 0.278. The number of methoxy groups -OCH3 is 1. The third-order valence-electron chi connectivity index (χ3n) is 5.48. The molecule has 3 heterocycles. The summed E-state index contributed by atoms with van der Waals surface area (Å²) in [6, 6.07) is 9.09. The fraction of sp³-hybridized carbons (Fsp3) is 0.364. The molecular weight excluding hydrogens is 418 g/mol. The minimum Gasteiger partial charge on any atom is -0.495 e. The Balaban J connectivity index is 1.46. The highest BCUT2D eigenvalue weighted by atomic mass is 35.5. The summed E-state index contributed by atoms with van der Waals surface area (Å²) >= 11 is 6.07. The summed E-state index contributed by atoms with van der Waals surface area (Å²) < 4.78 is 12.4. The van der Waals surface area contributed by atoms with Crippen molar-refractivity contribution >= 4 is 23.1 Å². The number of halogens is 1. The molecule has 0 unspecified atom stereocenters. The van der Waals surface area contributed by atoms with Crippen molar-refractivity contribution < 1.29 is 9.47 Å². The average molecular weight is 442 g/mol. The highest BCUT2D eigenvalue weighted by molar-refractivity contribution is 6.31. The number of nitrogens with zero attached hydrogens (tertiary/aromatic N) is 5. The van der Waals surface area contributed by atoms with Gasteiger partial charge in [0, 0.05) is 37.7 Å². The van der Waals surface area contributed by atoms with Crippen LogP contribution in [0.4, 0.5) is 11.5 Å². The van der Waals surface area contributed by atoms with Gasteiger partial charge in [0.25, 0.3) is 5.56 Å². The monoisotopic (exact) mass is 441 g/mol. The topological polar surface area (TPSA) is 82.4 Å². The molecule has 8 nitrogen and oxygen atoms in total. The molecule has 3 aromatic rings. The van der Waals surface area contributed by atoms with E-state index in [1.807, 2.05) is 19.1 Å². The maximum atomic E-state index is 12.7. The minimum absolute atomic E-state index is 0.240. The minimum atomic E-state index is -0.240. The van der Waals surface area contributed by atoms with E-state index >= 15 is 0 Å². The molecule has 0 radical (unpaired) electrons. The molecular formula is C22H24ClN5O3. The lowest BCUT2D eigenvalue weighted by Gasteiger charge is -2.19. The summed E-state index contributed by atoms with van der Waals surface area (Å²) in [6.07, 6.45) is 2.74. The van der Waals surface area contributed by atoms with E-state index in [1.165, 1.54) is 4.68 Å². The van der Waals surface area contributed by atoms with Crippen LogP contribution in [0, 0.1) is 12.8 Å². The number of anilines is 2. The second-order valence-corrected chi connectivity index (χ2v) is 8.04. The maximum absolute atomic E-state index is 12.7. The van der Waals surface area contributed by atoms with Gasteiger partial charge in [-0.2, -0.15) is 0 Å². The third-order valence-corrected chi connectivity index (χ3v) is 5.88. The smallest absolute Gasteiger partial charge is 0.290 e. The fourth-order valence-corrected chi connectivity index (χ4v) is 3.54. The van der Waals surface area contributed by atoms with Crippen LogP contribution in [0.25, 0.3) is 0 Å². The van der Waals surface area contributed by atoms with E-state index in [2.05, 4.69) is 15.1 Å². The summed E-state index contributed by atoms with van der Waals surface area (Å²) in [5.41, 5.74) is 1.91. The molecule has 0 spiro atoms. The van der Waals surface area contributed by atoms with Crippen molar-refractivity contribution in [2.45, 2.75) is 19.3 Å². The quantitative estimate of drug-likeness (QED) is 0.555. The number of pyridine rings is 2. The van der Waals surface area contributed by atoms with Gasteiger partial charge >= 0.3 is 0 Å². The molecule has 0 amide bonds. The molecule has 0 bridgehead atoms. The maximum Gasteiger partial charge on any atom is 0.290 e. The van der Waals surface area contributed by atoms with E-state index in [-0.39, 0.29) is 5.56 Å². The van der Waals surface area contributed by atoms with Crippen molar-refractivity contribution in [3.05, 3.63) is 63.3 Å². The first-order valence-electron chi connectivity index (χ1n) is 9.95. The van der Waals surface area contributed by atoms with Crippen LogP contribution >= 0.6 is 11.6 Å². The average Bonchev–Trinajstić information content (AvgIpc) is 3.55. The van der Waals surface area contributed by atoms with Crippen LogP contribution in [0.2, 0.25) is 5.02 Å². The van der Waals surface area contributed by atoms with Crippen LogP contribution in [0.15, 0.2) is 41.3 Å². The molecule has 2 atom stereocenters. The van der Waals surface area contributed by atoms with Crippen LogP contribution in [-0.2, 0) is 7.05 Å². The number of aromatic nitrogens is 4. The Morgan fingerprint density at radius 1 is 1.29 bits per heavy atom. The van der Waals surface area contributed by atoms with Crippen molar-refractivity contribution in [3.8, 4) is 11.6 Å². The zero-order valence-electron chi connectivity index (χ0n) is 17.9. The highest BCUT2D eigenvalue weighted by Gasteiger charge is 2.40. The van der Waals surface area contributed by atoms with Crippen LogP contribution in [0.5, 0.6) is 11.6 Å². The Morgan fingerprint density at radius 3 is 2.77 bits per heavy atom. The Morgan fingerprint density at radius 2 is 2.10 bits per heavy atom. The molecule has 31 heavy (non-hydrogen) atoms. The Kier molecular flexibility index (Phi) is 5.82. The Labute approximate surface area is 185 Å². The number of ether oxygens (including phenoxy) is 2. The fourth-order valence-electron chi connectivity index (χ4n) is 3.44. The van der Waals surface area contributed by atoms with Gasteiger partial charge < -0.3 is 14.4 Å². The van der Waals surface area contributed by atoms with Crippen molar-refractivity contribution in [2.24, 2.45) is 13.0 Å². The molecule has 162 valence electrons. The Bertz CT molecular complexity index is 1150. The van der Waals surface area contributed by atoms with Crippen LogP contribution in [0.3, 0.4) is 0 Å². The number of aryl methyl sites for hydroxylation is 2. The van der Waals surface area contributed by atoms with E-state index in [0.29, 0.717) is 46.5 Å². The molecule has 0 N–H and O–H groups in total. The van der Waals surface area contributed by atoms with Gasteiger partial charge in [0.15, 0.2) is 0 Å². The molecule has 1 fully saturated rings. The molecule has 0 aromatic carbocycles. The summed E-state index contributed by atoms with van der Waals surface area (Å²) in [7, 11) is 5.01. The summed E-state index contributed by atoms with van der Waals surface area (Å²) in [6.45, 7) is 2.33. The molecule has 1 aliphatic rings. The molecule has 0 aliphatic heterocycles. The molecule has 3 aromatic heterocycles. The first kappa shape index (κ1) is 21.1. The van der Waals surface area contributed by atoms with Gasteiger partial charge in [-0.25, -0.2) is 9.67 Å². The zero-order valence-corrected chi connectivity index (χ0v) is 18.6. The number of rotatable bonds is 7. The zero-order chi connectivity index (χ0) is 22.1. The van der Waals surface area contributed by atoms with Crippen LogP contribution in [0.1, 0.15) is 23.7 Å². The predicted molar refractivity (Wildman–Crippen MR) is 119 cm³/mol. The van der Waals surface area contributed by atoms with E-state index in [4.69, 9.17) is 21.1 Å². The Hall–Kier alpha value is -3.13. The van der Waals surface area contributed by atoms with E-state index in [9.17, 15) is 4.79 Å². The van der Waals surface area contributed by atoms with Crippen molar-refractivity contribution in [1.29, 1.82) is 0 Å². The van der Waals surface area contributed by atoms with Gasteiger partial charge in [0.1, 0.15) is 17.3 Å². The summed E-state index contributed by atoms with van der Waals surface area (Å²) in [4.78, 5) is 23.3. The van der Waals surface area contributed by atoms with Crippen molar-refractivity contribution in [2.75, 3.05) is 25.7 Å². The standard InChI is InChI=1S/C22H24ClN5O3/c1-13-17(23)6-8-20(25-13)27(2)19-10-21(26-28(3)22(19)29)31-12-14-9-16(14)18-7-5-15(30-4)11-24-18/h5-8,10-11,14,16H,9,12H2,1-4H3/t14-,16+/m1/s1. The van der Waals surface area contributed by atoms with Crippen molar-refractivity contribution in [3.63, 3.8) is 0 Å². The molecule has 1 saturated carbocycles. The summed E-state index contributed by atoms with van der Waals surface area (Å²) in [5.74, 6) is 2.48.